The summed E-state index contributed by atoms with van der Waals surface area (Å²) < 4.78 is 25.7. The number of Topliss-reactive ketones (excluding diaryl/α,β-unsaturated/α-hetero) is 1. The molecule has 0 aliphatic carbocycles. The zero-order valence-corrected chi connectivity index (χ0v) is 23.1. The van der Waals surface area contributed by atoms with Gasteiger partial charge >= 0.3 is 24.2 Å². The summed E-state index contributed by atoms with van der Waals surface area (Å²) in [5.74, 6) is -0.529. The number of hydrogen-bond acceptors (Lipinski definition) is 10. The summed E-state index contributed by atoms with van der Waals surface area (Å²) in [6.45, 7) is -0.703. The van der Waals surface area contributed by atoms with E-state index in [4.69, 9.17) is 23.7 Å². The van der Waals surface area contributed by atoms with E-state index in [0.717, 1.165) is 0 Å². The molecule has 0 bridgehead atoms. The fraction of sp³-hybridized carbons (Fsp3) is 0.233. The summed E-state index contributed by atoms with van der Waals surface area (Å²) in [4.78, 5) is 61.3. The molecule has 3 amide bonds. The molecule has 3 rings (SSSR count). The molecule has 0 saturated carbocycles. The molecule has 1 atom stereocenters. The van der Waals surface area contributed by atoms with Crippen LogP contribution < -0.4 is 30.2 Å². The Bertz CT molecular complexity index is 1320. The summed E-state index contributed by atoms with van der Waals surface area (Å²) in [5, 5.41) is 7.22. The van der Waals surface area contributed by atoms with E-state index in [0.29, 0.717) is 11.5 Å². The van der Waals surface area contributed by atoms with Gasteiger partial charge in [0.05, 0.1) is 13.2 Å². The molecule has 0 aliphatic heterocycles. The number of carbonyl (C=O) groups is 5. The molecule has 0 saturated heterocycles. The lowest BCUT2D eigenvalue weighted by Gasteiger charge is -2.17. The summed E-state index contributed by atoms with van der Waals surface area (Å²) >= 11 is 0. The molecule has 1 unspecified atom stereocenters. The Balaban J connectivity index is 1.41. The van der Waals surface area contributed by atoms with Crippen LogP contribution in [0.25, 0.3) is 0 Å². The lowest BCUT2D eigenvalue weighted by molar-refractivity contribution is -0.147. The molecule has 0 heterocycles. The van der Waals surface area contributed by atoms with Crippen LogP contribution in [0.2, 0.25) is 0 Å². The van der Waals surface area contributed by atoms with Crippen molar-refractivity contribution in [3.8, 4) is 17.2 Å². The fourth-order valence-corrected chi connectivity index (χ4v) is 3.33. The van der Waals surface area contributed by atoms with Crippen molar-refractivity contribution in [1.29, 1.82) is 0 Å². The van der Waals surface area contributed by atoms with E-state index in [2.05, 4.69) is 16.0 Å². The number of para-hydroxylation sites is 3. The molecule has 43 heavy (non-hydrogen) atoms. The van der Waals surface area contributed by atoms with Gasteiger partial charge in [0, 0.05) is 13.0 Å². The molecule has 3 N–H and O–H groups in total. The highest BCUT2D eigenvalue weighted by Gasteiger charge is 2.26. The van der Waals surface area contributed by atoms with Crippen LogP contribution in [0.3, 0.4) is 0 Å². The van der Waals surface area contributed by atoms with E-state index in [1.807, 2.05) is 0 Å². The first kappa shape index (κ1) is 32.1. The van der Waals surface area contributed by atoms with Crippen molar-refractivity contribution >= 4 is 30.0 Å². The first-order valence-electron chi connectivity index (χ1n) is 13.2. The number of hydrogen-bond donors (Lipinski definition) is 3. The molecule has 0 fully saturated rings. The maximum absolute atomic E-state index is 12.7. The summed E-state index contributed by atoms with van der Waals surface area (Å²) in [6.07, 6.45) is -2.88. The third kappa shape index (κ3) is 13.2. The van der Waals surface area contributed by atoms with Crippen LogP contribution in [-0.4, -0.2) is 69.0 Å². The Labute approximate surface area is 247 Å². The van der Waals surface area contributed by atoms with E-state index >= 15 is 0 Å². The molecule has 3 aromatic carbocycles. The summed E-state index contributed by atoms with van der Waals surface area (Å²) in [6, 6.07) is 23.5. The maximum atomic E-state index is 12.7. The molecular weight excluding hydrogens is 562 g/mol. The highest BCUT2D eigenvalue weighted by molar-refractivity contribution is 5.89. The van der Waals surface area contributed by atoms with Gasteiger partial charge in [0.1, 0.15) is 36.5 Å². The minimum absolute atomic E-state index is 0.0149. The third-order valence-electron chi connectivity index (χ3n) is 5.26. The zero-order chi connectivity index (χ0) is 30.7. The van der Waals surface area contributed by atoms with Crippen molar-refractivity contribution in [3.63, 3.8) is 0 Å². The molecule has 13 nitrogen and oxygen atoms in total. The van der Waals surface area contributed by atoms with Crippen LogP contribution in [0, 0.1) is 0 Å². The van der Waals surface area contributed by atoms with Crippen LogP contribution in [0.5, 0.6) is 17.2 Å². The monoisotopic (exact) mass is 593 g/mol. The predicted molar refractivity (Wildman–Crippen MR) is 152 cm³/mol. The van der Waals surface area contributed by atoms with Gasteiger partial charge in [0.2, 0.25) is 0 Å². The molecular formula is C30H31N3O10. The van der Waals surface area contributed by atoms with Gasteiger partial charge in [-0.05, 0) is 36.4 Å². The highest BCUT2D eigenvalue weighted by Crippen LogP contribution is 2.10. The zero-order valence-electron chi connectivity index (χ0n) is 23.1. The Morgan fingerprint density at radius 1 is 0.581 bits per heavy atom. The largest absolute Gasteiger partial charge is 0.462 e. The highest BCUT2D eigenvalue weighted by atomic mass is 16.6. The molecule has 13 heteroatoms. The minimum atomic E-state index is -1.40. The number of benzene rings is 3. The van der Waals surface area contributed by atoms with Crippen LogP contribution in [0.4, 0.5) is 14.4 Å². The Morgan fingerprint density at radius 3 is 1.51 bits per heavy atom. The van der Waals surface area contributed by atoms with Gasteiger partial charge < -0.3 is 39.6 Å². The van der Waals surface area contributed by atoms with Gasteiger partial charge in [-0.3, -0.25) is 4.79 Å². The van der Waals surface area contributed by atoms with E-state index < -0.39 is 49.1 Å². The van der Waals surface area contributed by atoms with Crippen molar-refractivity contribution in [1.82, 2.24) is 16.0 Å². The smallest absolute Gasteiger partial charge is 0.413 e. The second-order valence-corrected chi connectivity index (χ2v) is 8.62. The SMILES string of the molecule is O=C(COCCNC(=O)Oc1ccccc1)CC(NC(=O)Oc1ccccc1)C(=O)OCCNC(=O)Oc1ccccc1. The van der Waals surface area contributed by atoms with E-state index in [1.165, 1.54) is 12.1 Å². The average molecular weight is 594 g/mol. The third-order valence-corrected chi connectivity index (χ3v) is 5.26. The number of esters is 1. The van der Waals surface area contributed by atoms with Gasteiger partial charge in [0.15, 0.2) is 5.78 Å². The van der Waals surface area contributed by atoms with Crippen LogP contribution in [-0.2, 0) is 19.1 Å². The fourth-order valence-electron chi connectivity index (χ4n) is 3.33. The van der Waals surface area contributed by atoms with Gasteiger partial charge in [-0.2, -0.15) is 0 Å². The molecule has 226 valence electrons. The molecule has 0 spiro atoms. The topological polar surface area (TPSA) is 168 Å². The molecule has 0 aromatic heterocycles. The first-order valence-corrected chi connectivity index (χ1v) is 13.2. The second kappa shape index (κ2) is 18.1. The quantitative estimate of drug-likeness (QED) is 0.176. The summed E-state index contributed by atoms with van der Waals surface area (Å²) in [7, 11) is 0. The number of amides is 3. The van der Waals surface area contributed by atoms with Gasteiger partial charge in [0.25, 0.3) is 0 Å². The number of ether oxygens (including phenoxy) is 5. The number of carbonyl (C=O) groups excluding carboxylic acids is 5. The maximum Gasteiger partial charge on any atom is 0.413 e. The Kier molecular flexibility index (Phi) is 13.5. The lowest BCUT2D eigenvalue weighted by Crippen LogP contribution is -2.45. The van der Waals surface area contributed by atoms with Crippen molar-refractivity contribution < 1.29 is 47.7 Å². The minimum Gasteiger partial charge on any atom is -0.462 e. The summed E-state index contributed by atoms with van der Waals surface area (Å²) in [5.41, 5.74) is 0. The van der Waals surface area contributed by atoms with Gasteiger partial charge in [-0.25, -0.2) is 19.2 Å². The molecule has 0 radical (unpaired) electrons. The standard InChI is InChI=1S/C30H31N3O10/c34-22(21-39-18-16-31-28(36)41-23-10-4-1-5-11-23)20-26(33-30(38)43-25-14-8-3-9-15-25)27(35)40-19-17-32-29(37)42-24-12-6-2-7-13-24/h1-15,26H,16-21H2,(H,31,36)(H,32,37)(H,33,38). The van der Waals surface area contributed by atoms with Gasteiger partial charge in [-0.15, -0.1) is 0 Å². The van der Waals surface area contributed by atoms with Crippen molar-refractivity contribution in [2.45, 2.75) is 12.5 Å². The predicted octanol–water partition coefficient (Wildman–Crippen LogP) is 3.24. The van der Waals surface area contributed by atoms with E-state index in [-0.39, 0.29) is 32.1 Å². The molecule has 0 aliphatic rings. The van der Waals surface area contributed by atoms with E-state index in [1.54, 1.807) is 78.9 Å². The Morgan fingerprint density at radius 2 is 1.02 bits per heavy atom. The van der Waals surface area contributed by atoms with Crippen LogP contribution >= 0.6 is 0 Å². The lowest BCUT2D eigenvalue weighted by atomic mass is 10.1. The van der Waals surface area contributed by atoms with Crippen LogP contribution in [0.15, 0.2) is 91.0 Å². The average Bonchev–Trinajstić information content (AvgIpc) is 3.00. The molecule has 3 aromatic rings. The number of rotatable bonds is 15. The van der Waals surface area contributed by atoms with E-state index in [9.17, 15) is 24.0 Å². The Hall–Kier alpha value is -5.43. The van der Waals surface area contributed by atoms with Gasteiger partial charge in [-0.1, -0.05) is 54.6 Å². The van der Waals surface area contributed by atoms with Crippen molar-refractivity contribution in [3.05, 3.63) is 91.0 Å². The normalized spacial score (nSPS) is 10.9. The first-order chi connectivity index (χ1) is 20.9. The second-order valence-electron chi connectivity index (χ2n) is 8.62. The van der Waals surface area contributed by atoms with Crippen LogP contribution in [0.1, 0.15) is 6.42 Å². The number of nitrogens with one attached hydrogen (secondary N) is 3. The van der Waals surface area contributed by atoms with Crippen molar-refractivity contribution in [2.24, 2.45) is 0 Å². The van der Waals surface area contributed by atoms with Crippen molar-refractivity contribution in [2.75, 3.05) is 32.9 Å². The number of ketones is 1.